The van der Waals surface area contributed by atoms with Crippen molar-refractivity contribution < 1.29 is 23.9 Å². The first kappa shape index (κ1) is 19.2. The molecule has 23 heavy (non-hydrogen) atoms. The summed E-state index contributed by atoms with van der Waals surface area (Å²) in [6.45, 7) is 4.64. The molecule has 0 spiro atoms. The largest absolute Gasteiger partial charge is 0.464 e. The van der Waals surface area contributed by atoms with Gasteiger partial charge in [0, 0.05) is 17.8 Å². The molecule has 0 unspecified atom stereocenters. The Hall–Kier alpha value is -1.89. The van der Waals surface area contributed by atoms with E-state index in [9.17, 15) is 14.4 Å². The maximum atomic E-state index is 12.5. The molecule has 1 aromatic carbocycles. The summed E-state index contributed by atoms with van der Waals surface area (Å²) < 4.78 is 10.7. The monoisotopic (exact) mass is 385 g/mol. The standard InChI is InChI=1S/C16H20BrNO5/c1-4-22-14(20)16(18-11(3)19,15(21)23-5-2)10-12-8-6-7-9-13(12)17/h6-9H,4-5,10H2,1-3H3,(H,18,19). The van der Waals surface area contributed by atoms with E-state index >= 15 is 0 Å². The van der Waals surface area contributed by atoms with E-state index < -0.39 is 23.4 Å². The van der Waals surface area contributed by atoms with Gasteiger partial charge in [-0.15, -0.1) is 0 Å². The first-order valence-corrected chi connectivity index (χ1v) is 8.03. The van der Waals surface area contributed by atoms with Crippen molar-refractivity contribution in [2.24, 2.45) is 0 Å². The Morgan fingerprint density at radius 2 is 1.61 bits per heavy atom. The number of ether oxygens (including phenoxy) is 2. The Labute approximate surface area is 143 Å². The van der Waals surface area contributed by atoms with Crippen LogP contribution in [-0.2, 0) is 30.3 Å². The number of hydrogen-bond donors (Lipinski definition) is 1. The molecular weight excluding hydrogens is 366 g/mol. The Bertz CT molecular complexity index is 570. The first-order chi connectivity index (χ1) is 10.9. The summed E-state index contributed by atoms with van der Waals surface area (Å²) >= 11 is 3.37. The van der Waals surface area contributed by atoms with Gasteiger partial charge in [0.15, 0.2) is 0 Å². The maximum absolute atomic E-state index is 12.5. The summed E-state index contributed by atoms with van der Waals surface area (Å²) in [7, 11) is 0. The summed E-state index contributed by atoms with van der Waals surface area (Å²) in [6.07, 6.45) is -0.0777. The molecule has 0 fully saturated rings. The molecule has 1 aromatic rings. The van der Waals surface area contributed by atoms with E-state index in [0.29, 0.717) is 10.0 Å². The summed E-state index contributed by atoms with van der Waals surface area (Å²) in [5, 5.41) is 2.43. The molecule has 0 aliphatic carbocycles. The summed E-state index contributed by atoms with van der Waals surface area (Å²) in [6, 6.07) is 7.11. The highest BCUT2D eigenvalue weighted by Gasteiger charge is 2.50. The van der Waals surface area contributed by atoms with Gasteiger partial charge < -0.3 is 14.8 Å². The third-order valence-corrected chi connectivity index (χ3v) is 3.82. The molecule has 1 amide bonds. The van der Waals surface area contributed by atoms with Crippen LogP contribution < -0.4 is 5.32 Å². The zero-order valence-corrected chi connectivity index (χ0v) is 14.9. The number of rotatable bonds is 7. The van der Waals surface area contributed by atoms with E-state index in [0.717, 1.165) is 0 Å². The van der Waals surface area contributed by atoms with E-state index in [1.807, 2.05) is 6.07 Å². The lowest BCUT2D eigenvalue weighted by Crippen LogP contribution is -2.62. The molecule has 0 aromatic heterocycles. The van der Waals surface area contributed by atoms with Gasteiger partial charge in [0.2, 0.25) is 11.4 Å². The fourth-order valence-electron chi connectivity index (χ4n) is 2.11. The van der Waals surface area contributed by atoms with Gasteiger partial charge in [0.1, 0.15) is 0 Å². The fraction of sp³-hybridized carbons (Fsp3) is 0.438. The molecule has 7 heteroatoms. The van der Waals surface area contributed by atoms with Crippen LogP contribution in [-0.4, -0.2) is 36.6 Å². The number of halogens is 1. The molecule has 0 aliphatic heterocycles. The molecule has 126 valence electrons. The average Bonchev–Trinajstić information content (AvgIpc) is 2.48. The van der Waals surface area contributed by atoms with E-state index in [1.54, 1.807) is 32.0 Å². The van der Waals surface area contributed by atoms with Gasteiger partial charge >= 0.3 is 11.9 Å². The van der Waals surface area contributed by atoms with Gasteiger partial charge in [-0.3, -0.25) is 4.79 Å². The van der Waals surface area contributed by atoms with Crippen LogP contribution in [0.5, 0.6) is 0 Å². The first-order valence-electron chi connectivity index (χ1n) is 7.24. The van der Waals surface area contributed by atoms with Crippen LogP contribution in [0.1, 0.15) is 26.3 Å². The van der Waals surface area contributed by atoms with E-state index in [-0.39, 0.29) is 19.6 Å². The summed E-state index contributed by atoms with van der Waals surface area (Å²) in [4.78, 5) is 36.6. The maximum Gasteiger partial charge on any atom is 0.344 e. The third kappa shape index (κ3) is 4.79. The highest BCUT2D eigenvalue weighted by atomic mass is 79.9. The molecular formula is C16H20BrNO5. The lowest BCUT2D eigenvalue weighted by Gasteiger charge is -2.30. The number of benzene rings is 1. The van der Waals surface area contributed by atoms with Crippen molar-refractivity contribution >= 4 is 33.8 Å². The highest BCUT2D eigenvalue weighted by molar-refractivity contribution is 9.10. The second-order valence-corrected chi connectivity index (χ2v) is 5.65. The van der Waals surface area contributed by atoms with Gasteiger partial charge in [0.25, 0.3) is 0 Å². The van der Waals surface area contributed by atoms with Crippen LogP contribution in [0.25, 0.3) is 0 Å². The van der Waals surface area contributed by atoms with Gasteiger partial charge in [-0.1, -0.05) is 34.1 Å². The van der Waals surface area contributed by atoms with Gasteiger partial charge in [-0.2, -0.15) is 0 Å². The zero-order chi connectivity index (χ0) is 17.5. The molecule has 0 radical (unpaired) electrons. The fourth-order valence-corrected chi connectivity index (χ4v) is 2.54. The third-order valence-electron chi connectivity index (χ3n) is 3.05. The van der Waals surface area contributed by atoms with Crippen LogP contribution in [0.2, 0.25) is 0 Å². The molecule has 6 nitrogen and oxygen atoms in total. The predicted octanol–water partition coefficient (Wildman–Crippen LogP) is 1.99. The Balaban J connectivity index is 3.35. The minimum Gasteiger partial charge on any atom is -0.464 e. The van der Waals surface area contributed by atoms with E-state index in [4.69, 9.17) is 9.47 Å². The molecule has 0 aliphatic rings. The number of carbonyl (C=O) groups excluding carboxylic acids is 3. The predicted molar refractivity (Wildman–Crippen MR) is 87.7 cm³/mol. The van der Waals surface area contributed by atoms with Gasteiger partial charge in [-0.25, -0.2) is 9.59 Å². The number of nitrogens with one attached hydrogen (secondary N) is 1. The average molecular weight is 386 g/mol. The molecule has 1 N–H and O–H groups in total. The smallest absolute Gasteiger partial charge is 0.344 e. The summed E-state index contributed by atoms with van der Waals surface area (Å²) in [5.41, 5.74) is -1.25. The Morgan fingerprint density at radius 1 is 1.09 bits per heavy atom. The van der Waals surface area contributed by atoms with Crippen molar-refractivity contribution in [3.8, 4) is 0 Å². The lowest BCUT2D eigenvalue weighted by molar-refractivity contribution is -0.168. The van der Waals surface area contributed by atoms with Crippen molar-refractivity contribution in [3.63, 3.8) is 0 Å². The summed E-state index contributed by atoms with van der Waals surface area (Å²) in [5.74, 6) is -2.22. The molecule has 0 atom stereocenters. The van der Waals surface area contributed by atoms with Crippen LogP contribution in [0.4, 0.5) is 0 Å². The number of carbonyl (C=O) groups is 3. The SMILES string of the molecule is CCOC(=O)C(Cc1ccccc1Br)(NC(C)=O)C(=O)OCC. The molecule has 0 saturated carbocycles. The van der Waals surface area contributed by atoms with Crippen LogP contribution in [0, 0.1) is 0 Å². The molecule has 1 rings (SSSR count). The highest BCUT2D eigenvalue weighted by Crippen LogP contribution is 2.24. The normalized spacial score (nSPS) is 10.8. The van der Waals surface area contributed by atoms with Crippen molar-refractivity contribution in [1.82, 2.24) is 5.32 Å². The van der Waals surface area contributed by atoms with Crippen LogP contribution >= 0.6 is 15.9 Å². The lowest BCUT2D eigenvalue weighted by atomic mass is 9.90. The quantitative estimate of drug-likeness (QED) is 0.573. The molecule has 0 heterocycles. The zero-order valence-electron chi connectivity index (χ0n) is 13.3. The minimum absolute atomic E-state index is 0.0777. The van der Waals surface area contributed by atoms with Crippen molar-refractivity contribution in [2.45, 2.75) is 32.7 Å². The molecule has 0 bridgehead atoms. The topological polar surface area (TPSA) is 81.7 Å². The van der Waals surface area contributed by atoms with Crippen molar-refractivity contribution in [3.05, 3.63) is 34.3 Å². The van der Waals surface area contributed by atoms with Crippen LogP contribution in [0.3, 0.4) is 0 Å². The van der Waals surface area contributed by atoms with E-state index in [2.05, 4.69) is 21.2 Å². The Kier molecular flexibility index (Phi) is 7.22. The Morgan fingerprint density at radius 3 is 2.04 bits per heavy atom. The number of amides is 1. The number of hydrogen-bond acceptors (Lipinski definition) is 5. The van der Waals surface area contributed by atoms with E-state index in [1.165, 1.54) is 6.92 Å². The van der Waals surface area contributed by atoms with Crippen molar-refractivity contribution in [1.29, 1.82) is 0 Å². The van der Waals surface area contributed by atoms with Gasteiger partial charge in [-0.05, 0) is 25.5 Å². The second kappa shape index (κ2) is 8.67. The second-order valence-electron chi connectivity index (χ2n) is 4.80. The van der Waals surface area contributed by atoms with Gasteiger partial charge in [0.05, 0.1) is 13.2 Å². The van der Waals surface area contributed by atoms with Crippen LogP contribution in [0.15, 0.2) is 28.7 Å². The minimum atomic E-state index is -1.91. The number of esters is 2. The molecule has 0 saturated heterocycles. The van der Waals surface area contributed by atoms with Crippen molar-refractivity contribution in [2.75, 3.05) is 13.2 Å².